The molecule has 1 aromatic heterocycles. The lowest BCUT2D eigenvalue weighted by molar-refractivity contribution is 0.547. The van der Waals surface area contributed by atoms with Gasteiger partial charge >= 0.3 is 0 Å². The Labute approximate surface area is 95.8 Å². The molecule has 0 fully saturated rings. The van der Waals surface area contributed by atoms with Gasteiger partial charge in [-0.1, -0.05) is 13.8 Å². The van der Waals surface area contributed by atoms with E-state index in [1.165, 1.54) is 12.0 Å². The van der Waals surface area contributed by atoms with Crippen molar-refractivity contribution in [3.8, 4) is 0 Å². The second kappa shape index (κ2) is 6.93. The molecule has 0 aromatic carbocycles. The predicted octanol–water partition coefficient (Wildman–Crippen LogP) is 2.19. The lowest BCUT2D eigenvalue weighted by Gasteiger charge is -2.16. The van der Waals surface area contributed by atoms with Gasteiger partial charge < -0.3 is 4.42 Å². The molecule has 0 spiro atoms. The lowest BCUT2D eigenvalue weighted by atomic mass is 10.1. The molecule has 0 amide bonds. The minimum atomic E-state index is 0.321. The number of hydrogen-bond acceptors (Lipinski definition) is 4. The van der Waals surface area contributed by atoms with Crippen molar-refractivity contribution in [3.63, 3.8) is 0 Å². The molecule has 0 saturated heterocycles. The molecule has 1 heterocycles. The molecule has 2 atom stereocenters. The maximum absolute atomic E-state index is 5.52. The van der Waals surface area contributed by atoms with E-state index in [4.69, 9.17) is 10.3 Å². The highest BCUT2D eigenvalue weighted by Gasteiger charge is 2.10. The number of furan rings is 1. The molecule has 0 aliphatic rings. The first-order valence-corrected chi connectivity index (χ1v) is 6.40. The van der Waals surface area contributed by atoms with Crippen molar-refractivity contribution >= 4 is 11.8 Å². The Balaban J connectivity index is 2.30. The van der Waals surface area contributed by atoms with Crippen LogP contribution < -0.4 is 11.3 Å². The van der Waals surface area contributed by atoms with Crippen LogP contribution in [0.3, 0.4) is 0 Å². The summed E-state index contributed by atoms with van der Waals surface area (Å²) in [6.45, 7) is 4.45. The van der Waals surface area contributed by atoms with Crippen molar-refractivity contribution in [2.75, 3.05) is 5.75 Å². The summed E-state index contributed by atoms with van der Waals surface area (Å²) in [6.07, 6.45) is 5.60. The van der Waals surface area contributed by atoms with Crippen molar-refractivity contribution in [2.45, 2.75) is 38.0 Å². The minimum Gasteiger partial charge on any atom is -0.472 e. The quantitative estimate of drug-likeness (QED) is 0.555. The number of hydrazine groups is 1. The largest absolute Gasteiger partial charge is 0.472 e. The van der Waals surface area contributed by atoms with Gasteiger partial charge in [0.25, 0.3) is 0 Å². The summed E-state index contributed by atoms with van der Waals surface area (Å²) in [5.74, 6) is 6.56. The summed E-state index contributed by atoms with van der Waals surface area (Å²) in [7, 11) is 0. The standard InChI is InChI=1S/C11H20N2OS/c1-3-9(2)15-8-11(13-12)6-10-4-5-14-7-10/h4-5,7,9,11,13H,3,6,8,12H2,1-2H3. The molecule has 86 valence electrons. The van der Waals surface area contributed by atoms with Crippen LogP contribution in [0.25, 0.3) is 0 Å². The van der Waals surface area contributed by atoms with E-state index in [0.29, 0.717) is 11.3 Å². The third-order valence-corrected chi connectivity index (χ3v) is 3.95. The molecule has 0 aliphatic heterocycles. The molecular formula is C11H20N2OS. The van der Waals surface area contributed by atoms with E-state index >= 15 is 0 Å². The highest BCUT2D eigenvalue weighted by atomic mass is 32.2. The Morgan fingerprint density at radius 1 is 1.60 bits per heavy atom. The van der Waals surface area contributed by atoms with Crippen LogP contribution in [-0.4, -0.2) is 17.0 Å². The first kappa shape index (κ1) is 12.6. The van der Waals surface area contributed by atoms with E-state index < -0.39 is 0 Å². The average Bonchev–Trinajstić information content (AvgIpc) is 2.76. The van der Waals surface area contributed by atoms with Crippen molar-refractivity contribution in [2.24, 2.45) is 5.84 Å². The summed E-state index contributed by atoms with van der Waals surface area (Å²) in [5, 5.41) is 0.699. The second-order valence-electron chi connectivity index (χ2n) is 3.75. The smallest absolute Gasteiger partial charge is 0.0935 e. The number of hydrogen-bond donors (Lipinski definition) is 2. The highest BCUT2D eigenvalue weighted by Crippen LogP contribution is 2.16. The van der Waals surface area contributed by atoms with Gasteiger partial charge in [-0.3, -0.25) is 11.3 Å². The van der Waals surface area contributed by atoms with Gasteiger partial charge in [0, 0.05) is 17.0 Å². The number of nitrogens with one attached hydrogen (secondary N) is 1. The van der Waals surface area contributed by atoms with Gasteiger partial charge in [-0.05, 0) is 24.5 Å². The van der Waals surface area contributed by atoms with Gasteiger partial charge in [0.2, 0.25) is 0 Å². The third kappa shape index (κ3) is 4.73. The fourth-order valence-electron chi connectivity index (χ4n) is 1.26. The van der Waals surface area contributed by atoms with Crippen LogP contribution in [-0.2, 0) is 6.42 Å². The number of thioether (sulfide) groups is 1. The van der Waals surface area contributed by atoms with Crippen LogP contribution in [0.2, 0.25) is 0 Å². The van der Waals surface area contributed by atoms with Crippen LogP contribution >= 0.6 is 11.8 Å². The summed E-state index contributed by atoms with van der Waals surface area (Å²) in [5.41, 5.74) is 4.05. The molecule has 0 aliphatic carbocycles. The SMILES string of the molecule is CCC(C)SCC(Cc1ccoc1)NN. The van der Waals surface area contributed by atoms with E-state index in [0.717, 1.165) is 12.2 Å². The van der Waals surface area contributed by atoms with Crippen LogP contribution in [0.5, 0.6) is 0 Å². The first-order valence-electron chi connectivity index (χ1n) is 5.35. The van der Waals surface area contributed by atoms with Gasteiger partial charge in [-0.25, -0.2) is 0 Å². The summed E-state index contributed by atoms with van der Waals surface area (Å²) in [6, 6.07) is 2.31. The second-order valence-corrected chi connectivity index (χ2v) is 5.22. The number of rotatable bonds is 7. The molecule has 2 unspecified atom stereocenters. The van der Waals surface area contributed by atoms with Crippen LogP contribution in [0, 0.1) is 0 Å². The molecule has 0 bridgehead atoms. The molecule has 0 radical (unpaired) electrons. The van der Waals surface area contributed by atoms with Crippen molar-refractivity contribution < 1.29 is 4.42 Å². The Bertz CT molecular complexity index is 251. The Morgan fingerprint density at radius 2 is 2.40 bits per heavy atom. The van der Waals surface area contributed by atoms with Crippen molar-refractivity contribution in [1.82, 2.24) is 5.43 Å². The van der Waals surface area contributed by atoms with E-state index in [9.17, 15) is 0 Å². The maximum atomic E-state index is 5.52. The van der Waals surface area contributed by atoms with Gasteiger partial charge in [-0.2, -0.15) is 11.8 Å². The molecule has 4 heteroatoms. The minimum absolute atomic E-state index is 0.321. The first-order chi connectivity index (χ1) is 7.26. The van der Waals surface area contributed by atoms with Crippen molar-refractivity contribution in [1.29, 1.82) is 0 Å². The predicted molar refractivity (Wildman–Crippen MR) is 65.7 cm³/mol. The fraction of sp³-hybridized carbons (Fsp3) is 0.636. The zero-order chi connectivity index (χ0) is 11.1. The topological polar surface area (TPSA) is 51.2 Å². The monoisotopic (exact) mass is 228 g/mol. The molecular weight excluding hydrogens is 208 g/mol. The molecule has 0 saturated carbocycles. The number of nitrogens with two attached hydrogens (primary N) is 1. The van der Waals surface area contributed by atoms with Gasteiger partial charge in [0.15, 0.2) is 0 Å². The molecule has 1 rings (SSSR count). The third-order valence-electron chi connectivity index (χ3n) is 2.45. The molecule has 3 N–H and O–H groups in total. The van der Waals surface area contributed by atoms with E-state index in [-0.39, 0.29) is 0 Å². The summed E-state index contributed by atoms with van der Waals surface area (Å²) >= 11 is 1.96. The molecule has 15 heavy (non-hydrogen) atoms. The van der Waals surface area contributed by atoms with Gasteiger partial charge in [0.05, 0.1) is 12.5 Å². The van der Waals surface area contributed by atoms with Crippen LogP contribution in [0.1, 0.15) is 25.8 Å². The summed E-state index contributed by atoms with van der Waals surface area (Å²) in [4.78, 5) is 0. The van der Waals surface area contributed by atoms with Crippen molar-refractivity contribution in [3.05, 3.63) is 24.2 Å². The molecule has 1 aromatic rings. The van der Waals surface area contributed by atoms with Crippen LogP contribution in [0.15, 0.2) is 23.0 Å². The summed E-state index contributed by atoms with van der Waals surface area (Å²) < 4.78 is 5.03. The normalized spacial score (nSPS) is 15.1. The van der Waals surface area contributed by atoms with E-state index in [1.807, 2.05) is 17.8 Å². The Kier molecular flexibility index (Phi) is 5.83. The molecule has 3 nitrogen and oxygen atoms in total. The zero-order valence-electron chi connectivity index (χ0n) is 9.40. The van der Waals surface area contributed by atoms with Gasteiger partial charge in [0.1, 0.15) is 0 Å². The Hall–Kier alpha value is -0.450. The Morgan fingerprint density at radius 3 is 2.93 bits per heavy atom. The van der Waals surface area contributed by atoms with Gasteiger partial charge in [-0.15, -0.1) is 0 Å². The van der Waals surface area contributed by atoms with E-state index in [2.05, 4.69) is 19.3 Å². The lowest BCUT2D eigenvalue weighted by Crippen LogP contribution is -2.39. The highest BCUT2D eigenvalue weighted by molar-refractivity contribution is 7.99. The van der Waals surface area contributed by atoms with E-state index in [1.54, 1.807) is 12.5 Å². The fourth-order valence-corrected chi connectivity index (χ4v) is 2.27. The zero-order valence-corrected chi connectivity index (χ0v) is 10.2. The average molecular weight is 228 g/mol. The maximum Gasteiger partial charge on any atom is 0.0935 e. The van der Waals surface area contributed by atoms with Crippen LogP contribution in [0.4, 0.5) is 0 Å².